The topological polar surface area (TPSA) is 86.8 Å². The van der Waals surface area contributed by atoms with Crippen molar-refractivity contribution < 1.29 is 18.0 Å². The summed E-state index contributed by atoms with van der Waals surface area (Å²) >= 11 is 0. The number of sulfonamides is 1. The summed E-state index contributed by atoms with van der Waals surface area (Å²) in [5, 5.41) is 3.13. The van der Waals surface area contributed by atoms with Crippen molar-refractivity contribution in [1.82, 2.24) is 4.31 Å². The number of aryl methyl sites for hydroxylation is 2. The molecular formula is C27H33N3O4S. The summed E-state index contributed by atoms with van der Waals surface area (Å²) in [4.78, 5) is 26.9. The first-order valence-corrected chi connectivity index (χ1v) is 14.1. The molecule has 1 fully saturated rings. The highest BCUT2D eigenvalue weighted by molar-refractivity contribution is 7.89. The average Bonchev–Trinajstić information content (AvgIpc) is 2.88. The molecule has 5 rings (SSSR count). The minimum atomic E-state index is -3.66. The zero-order valence-electron chi connectivity index (χ0n) is 20.3. The number of carbonyl (C=O) groups excluding carboxylic acids is 2. The van der Waals surface area contributed by atoms with Gasteiger partial charge in [-0.2, -0.15) is 4.31 Å². The molecule has 1 saturated heterocycles. The van der Waals surface area contributed by atoms with E-state index in [4.69, 9.17) is 0 Å². The van der Waals surface area contributed by atoms with Crippen LogP contribution in [0.5, 0.6) is 0 Å². The first-order valence-electron chi connectivity index (χ1n) is 12.7. The number of rotatable bonds is 4. The van der Waals surface area contributed by atoms with Gasteiger partial charge in [0, 0.05) is 43.9 Å². The van der Waals surface area contributed by atoms with Gasteiger partial charge in [0.05, 0.1) is 4.90 Å². The predicted molar refractivity (Wildman–Crippen MR) is 136 cm³/mol. The van der Waals surface area contributed by atoms with Crippen LogP contribution in [0.2, 0.25) is 0 Å². The molecule has 2 amide bonds. The van der Waals surface area contributed by atoms with E-state index in [9.17, 15) is 18.0 Å². The van der Waals surface area contributed by atoms with Gasteiger partial charge in [-0.05, 0) is 92.3 Å². The Morgan fingerprint density at radius 2 is 1.66 bits per heavy atom. The molecule has 0 saturated carbocycles. The van der Waals surface area contributed by atoms with E-state index >= 15 is 0 Å². The maximum atomic E-state index is 13.4. The van der Waals surface area contributed by atoms with Crippen LogP contribution in [-0.2, 0) is 38.9 Å². The number of carbonyl (C=O) groups is 2. The Morgan fingerprint density at radius 3 is 2.43 bits per heavy atom. The number of hydrogen-bond donors (Lipinski definition) is 1. The van der Waals surface area contributed by atoms with Crippen LogP contribution in [0.15, 0.2) is 41.3 Å². The fourth-order valence-electron chi connectivity index (χ4n) is 5.70. The van der Waals surface area contributed by atoms with E-state index in [1.165, 1.54) is 28.8 Å². The largest absolute Gasteiger partial charge is 0.326 e. The molecule has 3 aliphatic rings. The molecule has 2 aliphatic heterocycles. The van der Waals surface area contributed by atoms with Gasteiger partial charge in [-0.3, -0.25) is 9.59 Å². The molecule has 2 aromatic rings. The van der Waals surface area contributed by atoms with Crippen molar-refractivity contribution in [1.29, 1.82) is 0 Å². The van der Waals surface area contributed by atoms with Crippen LogP contribution in [0.4, 0.5) is 11.4 Å². The molecule has 0 bridgehead atoms. The molecule has 8 heteroatoms. The molecule has 0 spiro atoms. The van der Waals surface area contributed by atoms with Gasteiger partial charge in [0.15, 0.2) is 0 Å². The van der Waals surface area contributed by atoms with Gasteiger partial charge in [-0.15, -0.1) is 0 Å². The number of anilines is 2. The molecule has 35 heavy (non-hydrogen) atoms. The Morgan fingerprint density at radius 1 is 0.914 bits per heavy atom. The van der Waals surface area contributed by atoms with Gasteiger partial charge < -0.3 is 10.2 Å². The summed E-state index contributed by atoms with van der Waals surface area (Å²) in [6.07, 6.45) is 6.97. The maximum Gasteiger partial charge on any atom is 0.243 e. The normalized spacial score (nSPS) is 19.1. The van der Waals surface area contributed by atoms with Crippen LogP contribution in [0.25, 0.3) is 0 Å². The van der Waals surface area contributed by atoms with Crippen molar-refractivity contribution in [3.05, 3.63) is 53.1 Å². The summed E-state index contributed by atoms with van der Waals surface area (Å²) < 4.78 is 28.2. The molecule has 186 valence electrons. The van der Waals surface area contributed by atoms with Gasteiger partial charge in [-0.25, -0.2) is 8.42 Å². The monoisotopic (exact) mass is 495 g/mol. The lowest BCUT2D eigenvalue weighted by molar-refractivity contribution is -0.121. The first kappa shape index (κ1) is 24.0. The molecule has 1 aliphatic carbocycles. The molecule has 7 nitrogen and oxygen atoms in total. The molecule has 0 radical (unpaired) electrons. The summed E-state index contributed by atoms with van der Waals surface area (Å²) in [7, 11) is -3.66. The molecule has 2 aromatic carbocycles. The predicted octanol–water partition coefficient (Wildman–Crippen LogP) is 3.90. The van der Waals surface area contributed by atoms with Crippen molar-refractivity contribution in [2.45, 2.75) is 63.2 Å². The number of piperidine rings is 1. The Hall–Kier alpha value is -2.71. The zero-order chi connectivity index (χ0) is 24.6. The van der Waals surface area contributed by atoms with Gasteiger partial charge >= 0.3 is 0 Å². The van der Waals surface area contributed by atoms with E-state index in [1.807, 2.05) is 12.1 Å². The second-order valence-electron chi connectivity index (χ2n) is 9.88. The van der Waals surface area contributed by atoms with E-state index < -0.39 is 10.0 Å². The van der Waals surface area contributed by atoms with Crippen molar-refractivity contribution in [3.8, 4) is 0 Å². The van der Waals surface area contributed by atoms with Crippen molar-refractivity contribution in [3.63, 3.8) is 0 Å². The number of hydrogen-bond acceptors (Lipinski definition) is 4. The van der Waals surface area contributed by atoms with E-state index in [0.29, 0.717) is 32.5 Å². The SMILES string of the molecule is CC(=O)N1CCCc2cc(S(=O)(=O)N3CCC(C(=O)Nc4cccc5c4CCCC5)CC3)ccc21. The number of benzene rings is 2. The summed E-state index contributed by atoms with van der Waals surface area (Å²) in [6, 6.07) is 11.2. The summed E-state index contributed by atoms with van der Waals surface area (Å²) in [6.45, 7) is 2.84. The van der Waals surface area contributed by atoms with Crippen LogP contribution in [0.3, 0.4) is 0 Å². The molecule has 0 atom stereocenters. The van der Waals surface area contributed by atoms with Crippen LogP contribution in [0.1, 0.15) is 55.7 Å². The Bertz CT molecular complexity index is 1250. The van der Waals surface area contributed by atoms with E-state index in [2.05, 4.69) is 11.4 Å². The highest BCUT2D eigenvalue weighted by Gasteiger charge is 2.33. The van der Waals surface area contributed by atoms with Gasteiger partial charge in [0.1, 0.15) is 0 Å². The fraction of sp³-hybridized carbons (Fsp3) is 0.481. The third-order valence-electron chi connectivity index (χ3n) is 7.67. The minimum Gasteiger partial charge on any atom is -0.326 e. The molecule has 0 unspecified atom stereocenters. The van der Waals surface area contributed by atoms with E-state index in [1.54, 1.807) is 23.1 Å². The lowest BCUT2D eigenvalue weighted by atomic mass is 9.90. The quantitative estimate of drug-likeness (QED) is 0.697. The minimum absolute atomic E-state index is 0.0147. The number of fused-ring (bicyclic) bond motifs is 2. The van der Waals surface area contributed by atoms with Crippen molar-refractivity contribution in [2.24, 2.45) is 5.92 Å². The Labute approximate surface area is 207 Å². The summed E-state index contributed by atoms with van der Waals surface area (Å²) in [5.41, 5.74) is 5.19. The van der Waals surface area contributed by atoms with E-state index in [0.717, 1.165) is 49.0 Å². The fourth-order valence-corrected chi connectivity index (χ4v) is 7.22. The molecular weight excluding hydrogens is 462 g/mol. The zero-order valence-corrected chi connectivity index (χ0v) is 21.1. The molecule has 1 N–H and O–H groups in total. The molecule has 0 aromatic heterocycles. The standard InChI is InChI=1S/C27H33N3O4S/c1-19(31)30-15-5-8-22-18-23(11-12-26(22)30)35(33,34)29-16-13-21(14-17-29)27(32)28-25-10-4-7-20-6-2-3-9-24(20)25/h4,7,10-12,18,21H,2-3,5-6,8-9,13-17H2,1H3,(H,28,32). The van der Waals surface area contributed by atoms with Crippen molar-refractivity contribution in [2.75, 3.05) is 29.9 Å². The van der Waals surface area contributed by atoms with Crippen LogP contribution in [0, 0.1) is 5.92 Å². The lowest BCUT2D eigenvalue weighted by Crippen LogP contribution is -2.41. The third-order valence-corrected chi connectivity index (χ3v) is 9.56. The first-order chi connectivity index (χ1) is 16.8. The van der Waals surface area contributed by atoms with Gasteiger partial charge in [-0.1, -0.05) is 12.1 Å². The number of amides is 2. The number of nitrogens with zero attached hydrogens (tertiary/aromatic N) is 2. The smallest absolute Gasteiger partial charge is 0.243 e. The second-order valence-corrected chi connectivity index (χ2v) is 11.8. The number of nitrogens with one attached hydrogen (secondary N) is 1. The van der Waals surface area contributed by atoms with Gasteiger partial charge in [0.2, 0.25) is 21.8 Å². The molecule has 2 heterocycles. The van der Waals surface area contributed by atoms with Crippen LogP contribution in [-0.4, -0.2) is 44.2 Å². The highest BCUT2D eigenvalue weighted by Crippen LogP contribution is 2.33. The van der Waals surface area contributed by atoms with E-state index in [-0.39, 0.29) is 22.6 Å². The van der Waals surface area contributed by atoms with Crippen LogP contribution < -0.4 is 10.2 Å². The average molecular weight is 496 g/mol. The van der Waals surface area contributed by atoms with Gasteiger partial charge in [0.25, 0.3) is 0 Å². The second kappa shape index (κ2) is 9.74. The lowest BCUT2D eigenvalue weighted by Gasteiger charge is -2.32. The maximum absolute atomic E-state index is 13.4. The third kappa shape index (κ3) is 4.74. The summed E-state index contributed by atoms with van der Waals surface area (Å²) in [5.74, 6) is -0.245. The Kier molecular flexibility index (Phi) is 6.68. The van der Waals surface area contributed by atoms with Crippen LogP contribution >= 0.6 is 0 Å². The highest BCUT2D eigenvalue weighted by atomic mass is 32.2. The van der Waals surface area contributed by atoms with Crippen molar-refractivity contribution >= 4 is 33.2 Å². The Balaban J connectivity index is 1.25.